The molecule has 1 aromatic heterocycles. The molecule has 1 saturated carbocycles. The number of pyridine rings is 1. The van der Waals surface area contributed by atoms with Gasteiger partial charge in [0.25, 0.3) is 0 Å². The highest BCUT2D eigenvalue weighted by Crippen LogP contribution is 2.39. The smallest absolute Gasteiger partial charge is 0.194 e. The van der Waals surface area contributed by atoms with Gasteiger partial charge in [-0.2, -0.15) is 0 Å². The van der Waals surface area contributed by atoms with Crippen LogP contribution in [0.1, 0.15) is 32.6 Å². The number of hydrogen-bond acceptors (Lipinski definition) is 4. The summed E-state index contributed by atoms with van der Waals surface area (Å²) >= 11 is 0. The highest BCUT2D eigenvalue weighted by atomic mass is 127. The molecule has 23 heavy (non-hydrogen) atoms. The van der Waals surface area contributed by atoms with Gasteiger partial charge in [0, 0.05) is 19.0 Å². The Labute approximate surface area is 154 Å². The van der Waals surface area contributed by atoms with Crippen LogP contribution >= 0.6 is 24.0 Å². The number of aliphatic imine (C=N–C) groups is 1. The number of halogens is 1. The first-order valence-electron chi connectivity index (χ1n) is 7.95. The van der Waals surface area contributed by atoms with Crippen molar-refractivity contribution in [2.24, 2.45) is 16.6 Å². The van der Waals surface area contributed by atoms with Crippen LogP contribution in [0, 0.1) is 5.92 Å². The molecule has 2 heterocycles. The van der Waals surface area contributed by atoms with E-state index in [-0.39, 0.29) is 35.9 Å². The van der Waals surface area contributed by atoms with Crippen LogP contribution in [0.15, 0.2) is 29.4 Å². The Kier molecular flexibility index (Phi) is 6.60. The van der Waals surface area contributed by atoms with Crippen molar-refractivity contribution < 1.29 is 9.47 Å². The Bertz CT molecular complexity index is 518. The minimum atomic E-state index is -0.365. The first-order valence-corrected chi connectivity index (χ1v) is 7.95. The van der Waals surface area contributed by atoms with Crippen molar-refractivity contribution in [1.82, 2.24) is 4.98 Å². The van der Waals surface area contributed by atoms with Gasteiger partial charge in [0.05, 0.1) is 13.2 Å². The molecular formula is C16H25IN4O2. The average Bonchev–Trinajstić information content (AvgIpc) is 2.93. The normalized spacial score (nSPS) is 30.9. The van der Waals surface area contributed by atoms with Crippen LogP contribution in [-0.2, 0) is 9.47 Å². The topological polar surface area (TPSA) is 81.8 Å². The molecule has 128 valence electrons. The van der Waals surface area contributed by atoms with Gasteiger partial charge in [0.1, 0.15) is 11.9 Å². The van der Waals surface area contributed by atoms with Gasteiger partial charge in [0.15, 0.2) is 11.7 Å². The lowest BCUT2D eigenvalue weighted by atomic mass is 9.86. The minimum Gasteiger partial charge on any atom is -0.370 e. The van der Waals surface area contributed by atoms with Crippen molar-refractivity contribution in [1.29, 1.82) is 0 Å². The van der Waals surface area contributed by atoms with Gasteiger partial charge in [-0.05, 0) is 30.9 Å². The standard InChI is InChI=1S/C16H24N4O2.HI/c1-12-5-7-16(8-6-12)21-11-13(22-16)10-19-15(17)20-14-4-2-3-9-18-14;/h2-4,9,12-13H,5-8,10-11H2,1H3,(H3,17,18,19,20);1H. The Morgan fingerprint density at radius 1 is 1.43 bits per heavy atom. The maximum Gasteiger partial charge on any atom is 0.194 e. The SMILES string of the molecule is CC1CCC2(CC1)OCC(CN=C(N)Nc1ccccn1)O2.I. The van der Waals surface area contributed by atoms with Crippen LogP contribution in [-0.4, -0.2) is 36.0 Å². The lowest BCUT2D eigenvalue weighted by molar-refractivity contribution is -0.190. The zero-order chi connectivity index (χ0) is 15.4. The van der Waals surface area contributed by atoms with Crippen molar-refractivity contribution in [3.05, 3.63) is 24.4 Å². The largest absolute Gasteiger partial charge is 0.370 e. The molecular weight excluding hydrogens is 407 g/mol. The second kappa shape index (κ2) is 8.25. The molecule has 6 nitrogen and oxygen atoms in total. The van der Waals surface area contributed by atoms with Crippen molar-refractivity contribution in [3.63, 3.8) is 0 Å². The van der Waals surface area contributed by atoms with Crippen LogP contribution in [0.5, 0.6) is 0 Å². The van der Waals surface area contributed by atoms with Crippen LogP contribution in [0.4, 0.5) is 5.82 Å². The zero-order valence-corrected chi connectivity index (χ0v) is 15.7. The summed E-state index contributed by atoms with van der Waals surface area (Å²) in [4.78, 5) is 8.48. The number of nitrogens with zero attached hydrogens (tertiary/aromatic N) is 2. The minimum absolute atomic E-state index is 0. The van der Waals surface area contributed by atoms with Crippen molar-refractivity contribution in [2.75, 3.05) is 18.5 Å². The fraction of sp³-hybridized carbons (Fsp3) is 0.625. The van der Waals surface area contributed by atoms with E-state index in [1.54, 1.807) is 6.20 Å². The first kappa shape index (κ1) is 18.4. The van der Waals surface area contributed by atoms with Gasteiger partial charge >= 0.3 is 0 Å². The molecule has 1 aliphatic carbocycles. The van der Waals surface area contributed by atoms with Crippen LogP contribution in [0.25, 0.3) is 0 Å². The first-order chi connectivity index (χ1) is 10.7. The highest BCUT2D eigenvalue weighted by molar-refractivity contribution is 14.0. The maximum atomic E-state index is 6.11. The lowest BCUT2D eigenvalue weighted by Gasteiger charge is -2.34. The van der Waals surface area contributed by atoms with E-state index in [2.05, 4.69) is 22.2 Å². The van der Waals surface area contributed by atoms with E-state index in [1.807, 2.05) is 18.2 Å². The summed E-state index contributed by atoms with van der Waals surface area (Å²) in [5.41, 5.74) is 5.87. The molecule has 1 spiro atoms. The van der Waals surface area contributed by atoms with Crippen molar-refractivity contribution >= 4 is 35.8 Å². The zero-order valence-electron chi connectivity index (χ0n) is 13.4. The maximum absolute atomic E-state index is 6.11. The molecule has 3 rings (SSSR count). The van der Waals surface area contributed by atoms with E-state index in [9.17, 15) is 0 Å². The number of rotatable bonds is 3. The van der Waals surface area contributed by atoms with Crippen LogP contribution < -0.4 is 11.1 Å². The number of nitrogens with one attached hydrogen (secondary N) is 1. The van der Waals surface area contributed by atoms with E-state index < -0.39 is 0 Å². The number of nitrogens with two attached hydrogens (primary N) is 1. The van der Waals surface area contributed by atoms with Gasteiger partial charge in [-0.25, -0.2) is 4.98 Å². The van der Waals surface area contributed by atoms with E-state index in [0.29, 0.717) is 24.9 Å². The lowest BCUT2D eigenvalue weighted by Crippen LogP contribution is -2.35. The van der Waals surface area contributed by atoms with Gasteiger partial charge in [0.2, 0.25) is 0 Å². The van der Waals surface area contributed by atoms with E-state index in [4.69, 9.17) is 15.2 Å². The molecule has 0 aromatic carbocycles. The summed E-state index contributed by atoms with van der Waals surface area (Å²) in [5, 5.41) is 2.96. The predicted molar refractivity (Wildman–Crippen MR) is 101 cm³/mol. The number of anilines is 1. The van der Waals surface area contributed by atoms with Crippen molar-refractivity contribution in [2.45, 2.75) is 44.5 Å². The molecule has 0 radical (unpaired) electrons. The third-order valence-electron chi connectivity index (χ3n) is 4.34. The molecule has 3 N–H and O–H groups in total. The second-order valence-corrected chi connectivity index (χ2v) is 6.21. The van der Waals surface area contributed by atoms with Gasteiger partial charge in [-0.3, -0.25) is 4.99 Å². The fourth-order valence-electron chi connectivity index (χ4n) is 2.98. The Hall–Kier alpha value is -0.930. The van der Waals surface area contributed by atoms with Gasteiger partial charge in [-0.1, -0.05) is 13.0 Å². The number of hydrogen-bond donors (Lipinski definition) is 2. The average molecular weight is 432 g/mol. The summed E-state index contributed by atoms with van der Waals surface area (Å²) in [5.74, 6) is 1.44. The Morgan fingerprint density at radius 2 is 2.22 bits per heavy atom. The summed E-state index contributed by atoms with van der Waals surface area (Å²) in [7, 11) is 0. The third-order valence-corrected chi connectivity index (χ3v) is 4.34. The van der Waals surface area contributed by atoms with E-state index in [0.717, 1.165) is 18.8 Å². The predicted octanol–water partition coefficient (Wildman–Crippen LogP) is 2.75. The molecule has 7 heteroatoms. The summed E-state index contributed by atoms with van der Waals surface area (Å²) < 4.78 is 12.0. The third kappa shape index (κ3) is 5.02. The van der Waals surface area contributed by atoms with Crippen LogP contribution in [0.3, 0.4) is 0 Å². The molecule has 1 atom stereocenters. The summed E-state index contributed by atoms with van der Waals surface area (Å²) in [6.45, 7) is 3.38. The van der Waals surface area contributed by atoms with E-state index in [1.165, 1.54) is 12.8 Å². The molecule has 2 aliphatic rings. The summed E-state index contributed by atoms with van der Waals surface area (Å²) in [6, 6.07) is 5.59. The number of aromatic nitrogens is 1. The molecule has 1 unspecified atom stereocenters. The number of guanidine groups is 1. The molecule has 1 saturated heterocycles. The fourth-order valence-corrected chi connectivity index (χ4v) is 2.98. The molecule has 0 bridgehead atoms. The van der Waals surface area contributed by atoms with Gasteiger partial charge in [-0.15, -0.1) is 24.0 Å². The molecule has 1 aliphatic heterocycles. The Morgan fingerprint density at radius 3 is 2.91 bits per heavy atom. The molecule has 1 aromatic rings. The summed E-state index contributed by atoms with van der Waals surface area (Å²) in [6.07, 6.45) is 5.99. The monoisotopic (exact) mass is 432 g/mol. The molecule has 2 fully saturated rings. The quantitative estimate of drug-likeness (QED) is 0.436. The van der Waals surface area contributed by atoms with Crippen molar-refractivity contribution in [3.8, 4) is 0 Å². The van der Waals surface area contributed by atoms with Gasteiger partial charge < -0.3 is 20.5 Å². The second-order valence-electron chi connectivity index (χ2n) is 6.21. The highest BCUT2D eigenvalue weighted by Gasteiger charge is 2.43. The van der Waals surface area contributed by atoms with E-state index >= 15 is 0 Å². The molecule has 0 amide bonds. The number of ether oxygens (including phenoxy) is 2. The Balaban J connectivity index is 0.00000192. The van der Waals surface area contributed by atoms with Crippen LogP contribution in [0.2, 0.25) is 0 Å².